The summed E-state index contributed by atoms with van der Waals surface area (Å²) in [5, 5.41) is 12.0. The molecule has 1 aromatic rings. The number of benzene rings is 1. The van der Waals surface area contributed by atoms with Gasteiger partial charge in [0.05, 0.1) is 18.7 Å². The van der Waals surface area contributed by atoms with Crippen LogP contribution in [-0.2, 0) is 9.53 Å². The quantitative estimate of drug-likeness (QED) is 0.386. The normalized spacial score (nSPS) is 14.0. The SMILES string of the molecule is CCC(=Cc1ccc(C(C)C(=O)OC)cc1)C(C)=NO. The fourth-order valence-electron chi connectivity index (χ4n) is 1.92. The molecule has 0 saturated heterocycles. The second-order valence-corrected chi connectivity index (χ2v) is 4.62. The van der Waals surface area contributed by atoms with Crippen molar-refractivity contribution in [3.05, 3.63) is 41.0 Å². The summed E-state index contributed by atoms with van der Waals surface area (Å²) in [7, 11) is 1.39. The van der Waals surface area contributed by atoms with Crippen LogP contribution in [-0.4, -0.2) is 24.0 Å². The monoisotopic (exact) mass is 275 g/mol. The largest absolute Gasteiger partial charge is 0.469 e. The Balaban J connectivity index is 2.97. The Morgan fingerprint density at radius 3 is 2.45 bits per heavy atom. The van der Waals surface area contributed by atoms with Gasteiger partial charge in [0.1, 0.15) is 0 Å². The Morgan fingerprint density at radius 2 is 2.00 bits per heavy atom. The molecule has 1 N–H and O–H groups in total. The number of oxime groups is 1. The Kier molecular flexibility index (Phi) is 5.97. The third-order valence-corrected chi connectivity index (χ3v) is 3.33. The molecule has 0 spiro atoms. The molecular weight excluding hydrogens is 254 g/mol. The Hall–Kier alpha value is -2.10. The van der Waals surface area contributed by atoms with Gasteiger partial charge in [0.2, 0.25) is 0 Å². The van der Waals surface area contributed by atoms with Crippen molar-refractivity contribution in [1.82, 2.24) is 0 Å². The van der Waals surface area contributed by atoms with E-state index in [9.17, 15) is 4.79 Å². The lowest BCUT2D eigenvalue weighted by Crippen LogP contribution is -2.10. The van der Waals surface area contributed by atoms with Gasteiger partial charge in [-0.2, -0.15) is 0 Å². The predicted octanol–water partition coefficient (Wildman–Crippen LogP) is 3.61. The molecule has 0 amide bonds. The minimum atomic E-state index is -0.274. The third-order valence-electron chi connectivity index (χ3n) is 3.33. The minimum Gasteiger partial charge on any atom is -0.469 e. The number of rotatable bonds is 5. The second kappa shape index (κ2) is 7.48. The van der Waals surface area contributed by atoms with Gasteiger partial charge in [-0.25, -0.2) is 0 Å². The topological polar surface area (TPSA) is 58.9 Å². The summed E-state index contributed by atoms with van der Waals surface area (Å²) in [5.41, 5.74) is 3.51. The van der Waals surface area contributed by atoms with E-state index in [1.54, 1.807) is 6.92 Å². The highest BCUT2D eigenvalue weighted by Crippen LogP contribution is 2.19. The first kappa shape index (κ1) is 16.0. The maximum Gasteiger partial charge on any atom is 0.312 e. The van der Waals surface area contributed by atoms with Crippen molar-refractivity contribution in [3.63, 3.8) is 0 Å². The highest BCUT2D eigenvalue weighted by molar-refractivity contribution is 6.01. The molecule has 1 unspecified atom stereocenters. The van der Waals surface area contributed by atoms with Gasteiger partial charge in [0.15, 0.2) is 0 Å². The van der Waals surface area contributed by atoms with E-state index in [0.717, 1.165) is 23.1 Å². The summed E-state index contributed by atoms with van der Waals surface area (Å²) in [5.74, 6) is -0.518. The molecule has 4 nitrogen and oxygen atoms in total. The minimum absolute atomic E-state index is 0.245. The van der Waals surface area contributed by atoms with Gasteiger partial charge in [-0.15, -0.1) is 0 Å². The molecule has 1 rings (SSSR count). The van der Waals surface area contributed by atoms with Gasteiger partial charge in [0.25, 0.3) is 0 Å². The van der Waals surface area contributed by atoms with E-state index >= 15 is 0 Å². The summed E-state index contributed by atoms with van der Waals surface area (Å²) in [6, 6.07) is 7.70. The molecule has 1 atom stereocenters. The van der Waals surface area contributed by atoms with Crippen molar-refractivity contribution in [2.75, 3.05) is 7.11 Å². The van der Waals surface area contributed by atoms with Crippen molar-refractivity contribution < 1.29 is 14.7 Å². The van der Waals surface area contributed by atoms with Crippen LogP contribution in [0, 0.1) is 0 Å². The van der Waals surface area contributed by atoms with E-state index < -0.39 is 0 Å². The summed E-state index contributed by atoms with van der Waals surface area (Å²) >= 11 is 0. The Morgan fingerprint density at radius 1 is 1.40 bits per heavy atom. The highest BCUT2D eigenvalue weighted by Gasteiger charge is 2.14. The van der Waals surface area contributed by atoms with Crippen LogP contribution >= 0.6 is 0 Å². The fourth-order valence-corrected chi connectivity index (χ4v) is 1.92. The number of methoxy groups -OCH3 is 1. The van der Waals surface area contributed by atoms with Crippen LogP contribution in [0.1, 0.15) is 44.2 Å². The van der Waals surface area contributed by atoms with Crippen LogP contribution in [0.15, 0.2) is 35.0 Å². The smallest absolute Gasteiger partial charge is 0.312 e. The van der Waals surface area contributed by atoms with E-state index in [-0.39, 0.29) is 11.9 Å². The lowest BCUT2D eigenvalue weighted by molar-refractivity contribution is -0.141. The number of hydrogen-bond acceptors (Lipinski definition) is 4. The van der Waals surface area contributed by atoms with Crippen molar-refractivity contribution >= 4 is 17.8 Å². The average Bonchev–Trinajstić information content (AvgIpc) is 2.50. The Bertz CT molecular complexity index is 515. The lowest BCUT2D eigenvalue weighted by atomic mass is 9.98. The first-order chi connectivity index (χ1) is 9.53. The second-order valence-electron chi connectivity index (χ2n) is 4.62. The van der Waals surface area contributed by atoms with E-state index in [4.69, 9.17) is 9.94 Å². The maximum atomic E-state index is 11.5. The molecule has 0 aliphatic heterocycles. The van der Waals surface area contributed by atoms with Crippen molar-refractivity contribution in [2.45, 2.75) is 33.1 Å². The maximum absolute atomic E-state index is 11.5. The van der Waals surface area contributed by atoms with E-state index in [1.807, 2.05) is 44.2 Å². The number of ether oxygens (including phenoxy) is 1. The van der Waals surface area contributed by atoms with Gasteiger partial charge < -0.3 is 9.94 Å². The van der Waals surface area contributed by atoms with Crippen molar-refractivity contribution in [3.8, 4) is 0 Å². The number of allylic oxidation sites excluding steroid dienone is 1. The van der Waals surface area contributed by atoms with Crippen molar-refractivity contribution in [2.24, 2.45) is 5.16 Å². The van der Waals surface area contributed by atoms with Gasteiger partial charge in [0, 0.05) is 0 Å². The number of nitrogens with zero attached hydrogens (tertiary/aromatic N) is 1. The van der Waals surface area contributed by atoms with Crippen LogP contribution in [0.4, 0.5) is 0 Å². The zero-order valence-electron chi connectivity index (χ0n) is 12.4. The van der Waals surface area contributed by atoms with Crippen LogP contribution in [0.25, 0.3) is 6.08 Å². The van der Waals surface area contributed by atoms with Gasteiger partial charge in [-0.1, -0.05) is 36.3 Å². The standard InChI is InChI=1S/C16H21NO3/c1-5-14(12(3)17-19)10-13-6-8-15(9-7-13)11(2)16(18)20-4/h6-11,19H,5H2,1-4H3. The summed E-state index contributed by atoms with van der Waals surface area (Å²) in [6.07, 6.45) is 2.76. The van der Waals surface area contributed by atoms with E-state index in [1.165, 1.54) is 7.11 Å². The van der Waals surface area contributed by atoms with Crippen LogP contribution in [0.3, 0.4) is 0 Å². The third kappa shape index (κ3) is 3.95. The molecule has 20 heavy (non-hydrogen) atoms. The molecule has 4 heteroatoms. The Labute approximate surface area is 119 Å². The summed E-state index contributed by atoms with van der Waals surface area (Å²) in [4.78, 5) is 11.5. The predicted molar refractivity (Wildman–Crippen MR) is 80.0 cm³/mol. The average molecular weight is 275 g/mol. The van der Waals surface area contributed by atoms with Gasteiger partial charge in [-0.05, 0) is 43.0 Å². The molecule has 0 aromatic heterocycles. The molecule has 0 aliphatic rings. The number of carbonyl (C=O) groups is 1. The van der Waals surface area contributed by atoms with Gasteiger partial charge in [-0.3, -0.25) is 4.79 Å². The number of carbonyl (C=O) groups excluding carboxylic acids is 1. The van der Waals surface area contributed by atoms with Crippen LogP contribution in [0.2, 0.25) is 0 Å². The fraction of sp³-hybridized carbons (Fsp3) is 0.375. The zero-order valence-corrected chi connectivity index (χ0v) is 12.4. The summed E-state index contributed by atoms with van der Waals surface area (Å²) in [6.45, 7) is 5.59. The van der Waals surface area contributed by atoms with E-state index in [0.29, 0.717) is 5.71 Å². The van der Waals surface area contributed by atoms with Crippen LogP contribution < -0.4 is 0 Å². The molecule has 0 fully saturated rings. The highest BCUT2D eigenvalue weighted by atomic mass is 16.5. The molecule has 0 radical (unpaired) electrons. The van der Waals surface area contributed by atoms with Crippen molar-refractivity contribution in [1.29, 1.82) is 0 Å². The summed E-state index contributed by atoms with van der Waals surface area (Å²) < 4.78 is 4.73. The zero-order chi connectivity index (χ0) is 15.1. The molecule has 0 saturated carbocycles. The molecule has 0 bridgehead atoms. The first-order valence-electron chi connectivity index (χ1n) is 6.60. The first-order valence-corrected chi connectivity index (χ1v) is 6.60. The number of hydrogen-bond donors (Lipinski definition) is 1. The van der Waals surface area contributed by atoms with Crippen LogP contribution in [0.5, 0.6) is 0 Å². The number of esters is 1. The lowest BCUT2D eigenvalue weighted by Gasteiger charge is -2.09. The molecule has 0 aliphatic carbocycles. The molecule has 1 aromatic carbocycles. The molecule has 108 valence electrons. The van der Waals surface area contributed by atoms with Gasteiger partial charge >= 0.3 is 5.97 Å². The molecular formula is C16H21NO3. The van der Waals surface area contributed by atoms with E-state index in [2.05, 4.69) is 5.16 Å². The molecule has 0 heterocycles.